The summed E-state index contributed by atoms with van der Waals surface area (Å²) in [6.07, 6.45) is -2.10. The van der Waals surface area contributed by atoms with Gasteiger partial charge < -0.3 is 28.6 Å². The van der Waals surface area contributed by atoms with Gasteiger partial charge in [0.2, 0.25) is 0 Å². The maximum Gasteiger partial charge on any atom is 0.190 e. The molecule has 7 heteroatoms. The summed E-state index contributed by atoms with van der Waals surface area (Å²) in [5, 5.41) is 0. The second-order valence-electron chi connectivity index (χ2n) is 8.56. The maximum atomic E-state index is 6.46. The molecular formula is C24H28ClNO5. The maximum absolute atomic E-state index is 6.46. The van der Waals surface area contributed by atoms with E-state index in [1.165, 1.54) is 0 Å². The second kappa shape index (κ2) is 8.70. The van der Waals surface area contributed by atoms with Gasteiger partial charge >= 0.3 is 0 Å². The first-order valence-corrected chi connectivity index (χ1v) is 11.3. The molecular weight excluding hydrogens is 418 g/mol. The standard InChI is InChI=1S/C24H28ClNO5/c1-24(2)30-21-20-19(28-23(21)31-24)18(27-22(29-20)16-9-5-3-6-10-16)15-26(14-13-25)17-11-7-4-8-12-17/h3-12,18-23H,13-15H2,1-2H3. The van der Waals surface area contributed by atoms with E-state index in [1.807, 2.05) is 62.4 Å². The average molecular weight is 446 g/mol. The Labute approximate surface area is 187 Å². The third-order valence-electron chi connectivity index (χ3n) is 5.92. The molecule has 0 saturated carbocycles. The van der Waals surface area contributed by atoms with Gasteiger partial charge in [0.15, 0.2) is 18.4 Å². The van der Waals surface area contributed by atoms with Gasteiger partial charge in [0, 0.05) is 30.2 Å². The first-order valence-electron chi connectivity index (χ1n) is 10.8. The van der Waals surface area contributed by atoms with Gasteiger partial charge in [-0.15, -0.1) is 11.6 Å². The molecule has 6 unspecified atom stereocenters. The van der Waals surface area contributed by atoms with Crippen molar-refractivity contribution in [3.63, 3.8) is 0 Å². The minimum absolute atomic E-state index is 0.242. The molecule has 166 valence electrons. The van der Waals surface area contributed by atoms with Crippen LogP contribution in [0.5, 0.6) is 0 Å². The third-order valence-corrected chi connectivity index (χ3v) is 6.09. The van der Waals surface area contributed by atoms with E-state index in [0.29, 0.717) is 19.0 Å². The van der Waals surface area contributed by atoms with Crippen LogP contribution in [-0.4, -0.2) is 55.5 Å². The van der Waals surface area contributed by atoms with Crippen molar-refractivity contribution >= 4 is 17.3 Å². The predicted octanol–water partition coefficient (Wildman–Crippen LogP) is 4.09. The smallest absolute Gasteiger partial charge is 0.190 e. The van der Waals surface area contributed by atoms with Crippen molar-refractivity contribution < 1.29 is 23.7 Å². The van der Waals surface area contributed by atoms with Crippen molar-refractivity contribution in [1.29, 1.82) is 0 Å². The van der Waals surface area contributed by atoms with Crippen LogP contribution in [-0.2, 0) is 23.7 Å². The zero-order valence-corrected chi connectivity index (χ0v) is 18.5. The van der Waals surface area contributed by atoms with E-state index in [2.05, 4.69) is 17.0 Å². The summed E-state index contributed by atoms with van der Waals surface area (Å²) < 4.78 is 31.2. The first-order chi connectivity index (χ1) is 15.0. The van der Waals surface area contributed by atoms with Crippen LogP contribution in [0.2, 0.25) is 0 Å². The number of fused-ring (bicyclic) bond motifs is 3. The minimum atomic E-state index is -0.700. The number of para-hydroxylation sites is 1. The molecule has 3 fully saturated rings. The van der Waals surface area contributed by atoms with Crippen molar-refractivity contribution in [1.82, 2.24) is 0 Å². The SMILES string of the molecule is CC1(C)OC2OC3C(CN(CCCl)c4ccccc4)OC(c4ccccc4)OC3C2O1. The Morgan fingerprint density at radius 1 is 0.839 bits per heavy atom. The van der Waals surface area contributed by atoms with Gasteiger partial charge in [0.05, 0.1) is 0 Å². The molecule has 0 spiro atoms. The second-order valence-corrected chi connectivity index (χ2v) is 8.94. The summed E-state index contributed by atoms with van der Waals surface area (Å²) >= 11 is 6.13. The lowest BCUT2D eigenvalue weighted by Crippen LogP contribution is -2.53. The zero-order valence-electron chi connectivity index (χ0n) is 17.7. The van der Waals surface area contributed by atoms with Crippen LogP contribution in [0.4, 0.5) is 5.69 Å². The van der Waals surface area contributed by atoms with Crippen LogP contribution < -0.4 is 4.90 Å². The van der Waals surface area contributed by atoms with Gasteiger partial charge in [0.1, 0.15) is 24.4 Å². The number of benzene rings is 2. The number of ether oxygens (including phenoxy) is 5. The summed E-state index contributed by atoms with van der Waals surface area (Å²) in [7, 11) is 0. The predicted molar refractivity (Wildman–Crippen MR) is 117 cm³/mol. The Hall–Kier alpha value is -1.67. The lowest BCUT2D eigenvalue weighted by molar-refractivity contribution is -0.307. The Morgan fingerprint density at radius 2 is 1.55 bits per heavy atom. The van der Waals surface area contributed by atoms with E-state index in [9.17, 15) is 0 Å². The molecule has 3 aliphatic heterocycles. The zero-order chi connectivity index (χ0) is 21.4. The van der Waals surface area contributed by atoms with Crippen LogP contribution in [0.1, 0.15) is 25.7 Å². The minimum Gasteiger partial charge on any atom is -0.368 e. The van der Waals surface area contributed by atoms with Gasteiger partial charge in [-0.25, -0.2) is 0 Å². The molecule has 2 aromatic rings. The van der Waals surface area contributed by atoms with Crippen molar-refractivity contribution in [3.05, 3.63) is 66.2 Å². The lowest BCUT2D eigenvalue weighted by Gasteiger charge is -2.41. The molecule has 0 bridgehead atoms. The third kappa shape index (κ3) is 4.33. The van der Waals surface area contributed by atoms with Crippen LogP contribution >= 0.6 is 11.6 Å². The summed E-state index contributed by atoms with van der Waals surface area (Å²) in [6.45, 7) is 5.11. The lowest BCUT2D eigenvalue weighted by atomic mass is 10.0. The van der Waals surface area contributed by atoms with Crippen molar-refractivity contribution in [3.8, 4) is 0 Å². The van der Waals surface area contributed by atoms with Crippen LogP contribution in [0, 0.1) is 0 Å². The quantitative estimate of drug-likeness (QED) is 0.624. The van der Waals surface area contributed by atoms with Gasteiger partial charge in [-0.2, -0.15) is 0 Å². The number of halogens is 1. The number of rotatable bonds is 6. The molecule has 2 aromatic carbocycles. The monoisotopic (exact) mass is 445 g/mol. The number of nitrogens with zero attached hydrogens (tertiary/aromatic N) is 1. The van der Waals surface area contributed by atoms with Gasteiger partial charge in [-0.05, 0) is 26.0 Å². The van der Waals surface area contributed by atoms with Gasteiger partial charge in [0.25, 0.3) is 0 Å². The number of anilines is 1. The van der Waals surface area contributed by atoms with Gasteiger partial charge in [-0.1, -0.05) is 48.5 Å². The fourth-order valence-electron chi connectivity index (χ4n) is 4.57. The van der Waals surface area contributed by atoms with E-state index in [1.54, 1.807) is 0 Å². The normalized spacial score (nSPS) is 33.6. The highest BCUT2D eigenvalue weighted by molar-refractivity contribution is 6.18. The Balaban J connectivity index is 1.42. The molecule has 0 amide bonds. The van der Waals surface area contributed by atoms with E-state index in [-0.39, 0.29) is 24.4 Å². The molecule has 3 heterocycles. The number of hydrogen-bond donors (Lipinski definition) is 0. The van der Waals surface area contributed by atoms with E-state index < -0.39 is 18.4 Å². The van der Waals surface area contributed by atoms with Crippen molar-refractivity contribution in [2.45, 2.75) is 56.6 Å². The average Bonchev–Trinajstić information content (AvgIpc) is 3.26. The highest BCUT2D eigenvalue weighted by atomic mass is 35.5. The molecule has 3 aliphatic rings. The van der Waals surface area contributed by atoms with Crippen LogP contribution in [0.3, 0.4) is 0 Å². The fraction of sp³-hybridized carbons (Fsp3) is 0.500. The molecule has 6 nitrogen and oxygen atoms in total. The van der Waals surface area contributed by atoms with Gasteiger partial charge in [-0.3, -0.25) is 0 Å². The Morgan fingerprint density at radius 3 is 2.26 bits per heavy atom. The summed E-state index contributed by atoms with van der Waals surface area (Å²) in [6, 6.07) is 20.2. The summed E-state index contributed by atoms with van der Waals surface area (Å²) in [5.74, 6) is -0.185. The summed E-state index contributed by atoms with van der Waals surface area (Å²) in [4.78, 5) is 2.23. The number of hydrogen-bond acceptors (Lipinski definition) is 6. The van der Waals surface area contributed by atoms with Crippen molar-refractivity contribution in [2.24, 2.45) is 0 Å². The highest BCUT2D eigenvalue weighted by Gasteiger charge is 2.60. The van der Waals surface area contributed by atoms with Crippen LogP contribution in [0.15, 0.2) is 60.7 Å². The molecule has 0 aromatic heterocycles. The number of alkyl halides is 1. The molecule has 0 N–H and O–H groups in total. The molecule has 6 atom stereocenters. The Bertz CT molecular complexity index is 867. The molecule has 0 radical (unpaired) electrons. The Kier molecular flexibility index (Phi) is 5.94. The summed E-state index contributed by atoms with van der Waals surface area (Å²) in [5.41, 5.74) is 2.06. The van der Waals surface area contributed by atoms with E-state index in [4.69, 9.17) is 35.3 Å². The van der Waals surface area contributed by atoms with Crippen molar-refractivity contribution in [2.75, 3.05) is 23.9 Å². The topological polar surface area (TPSA) is 49.4 Å². The first kappa shape index (κ1) is 21.2. The molecule has 5 rings (SSSR count). The van der Waals surface area contributed by atoms with E-state index in [0.717, 1.165) is 11.3 Å². The van der Waals surface area contributed by atoms with Crippen LogP contribution in [0.25, 0.3) is 0 Å². The fourth-order valence-corrected chi connectivity index (χ4v) is 4.77. The molecule has 0 aliphatic carbocycles. The molecule has 3 saturated heterocycles. The van der Waals surface area contributed by atoms with E-state index >= 15 is 0 Å². The highest BCUT2D eigenvalue weighted by Crippen LogP contribution is 2.45. The molecule has 31 heavy (non-hydrogen) atoms. The largest absolute Gasteiger partial charge is 0.368 e.